The molecule has 0 unspecified atom stereocenters. The first kappa shape index (κ1) is 24.4. The van der Waals surface area contributed by atoms with Crippen molar-refractivity contribution in [2.45, 2.75) is 37.6 Å². The van der Waals surface area contributed by atoms with E-state index in [0.29, 0.717) is 40.5 Å². The van der Waals surface area contributed by atoms with Crippen LogP contribution in [-0.4, -0.2) is 39.1 Å². The average molecular weight is 474 g/mol. The van der Waals surface area contributed by atoms with Gasteiger partial charge in [0.1, 0.15) is 0 Å². The number of thioether (sulfide) groups is 1. The third-order valence-electron chi connectivity index (χ3n) is 5.35. The van der Waals surface area contributed by atoms with Crippen LogP contribution in [0.1, 0.15) is 37.4 Å². The zero-order valence-electron chi connectivity index (χ0n) is 19.3. The van der Waals surface area contributed by atoms with Gasteiger partial charge in [0.25, 0.3) is 0 Å². The van der Waals surface area contributed by atoms with Gasteiger partial charge in [-0.1, -0.05) is 6.07 Å². The van der Waals surface area contributed by atoms with Gasteiger partial charge < -0.3 is 24.3 Å². The Labute approximate surface area is 196 Å². The molecule has 0 saturated heterocycles. The van der Waals surface area contributed by atoms with Crippen molar-refractivity contribution in [3.63, 3.8) is 0 Å². The zero-order chi connectivity index (χ0) is 24.1. The van der Waals surface area contributed by atoms with Gasteiger partial charge in [-0.25, -0.2) is 0 Å². The Kier molecular flexibility index (Phi) is 7.86. The molecule has 0 bridgehead atoms. The number of hydrogen-bond acceptors (Lipinski definition) is 8. The third-order valence-corrected chi connectivity index (χ3v) is 6.13. The lowest BCUT2D eigenvalue weighted by Crippen LogP contribution is -2.26. The first-order valence-corrected chi connectivity index (χ1v) is 11.6. The number of rotatable bonds is 7. The number of carbonyl (C=O) groups excluding carboxylic acids is 2. The van der Waals surface area contributed by atoms with E-state index in [0.717, 1.165) is 16.7 Å². The highest BCUT2D eigenvalue weighted by atomic mass is 32.2. The molecule has 0 saturated carbocycles. The fourth-order valence-electron chi connectivity index (χ4n) is 3.99. The second-order valence-electron chi connectivity index (χ2n) is 7.44. The van der Waals surface area contributed by atoms with Gasteiger partial charge in [0.2, 0.25) is 18.4 Å². The second-order valence-corrected chi connectivity index (χ2v) is 8.29. The number of nitrogens with one attached hydrogen (secondary N) is 1. The summed E-state index contributed by atoms with van der Waals surface area (Å²) in [5.41, 5.74) is 3.02. The van der Waals surface area contributed by atoms with Crippen LogP contribution in [0.25, 0.3) is 11.1 Å². The Morgan fingerprint density at radius 3 is 2.45 bits per heavy atom. The van der Waals surface area contributed by atoms with E-state index in [1.165, 1.54) is 39.8 Å². The molecule has 3 rings (SSSR count). The molecule has 1 amide bonds. The van der Waals surface area contributed by atoms with Crippen LogP contribution in [0.15, 0.2) is 34.0 Å². The molecule has 0 radical (unpaired) electrons. The fourth-order valence-corrected chi connectivity index (χ4v) is 4.46. The van der Waals surface area contributed by atoms with Crippen molar-refractivity contribution in [2.75, 3.05) is 27.3 Å². The molecule has 0 aromatic heterocycles. The number of methoxy groups -OCH3 is 2. The lowest BCUT2D eigenvalue weighted by molar-refractivity contribution is -0.147. The molecule has 0 heterocycles. The van der Waals surface area contributed by atoms with Crippen LogP contribution in [0.2, 0.25) is 0 Å². The minimum Gasteiger partial charge on any atom is -0.492 e. The first-order chi connectivity index (χ1) is 15.8. The summed E-state index contributed by atoms with van der Waals surface area (Å²) in [7, 11) is 3.02. The van der Waals surface area contributed by atoms with Gasteiger partial charge in [-0.15, -0.1) is 11.8 Å². The quantitative estimate of drug-likeness (QED) is 0.371. The summed E-state index contributed by atoms with van der Waals surface area (Å²) in [6.45, 7) is 2.48. The van der Waals surface area contributed by atoms with Crippen molar-refractivity contribution in [3.8, 4) is 28.4 Å². The van der Waals surface area contributed by atoms with E-state index in [1.54, 1.807) is 12.1 Å². The molecule has 2 aromatic rings. The third kappa shape index (κ3) is 5.24. The minimum absolute atomic E-state index is 0.116. The van der Waals surface area contributed by atoms with E-state index in [-0.39, 0.29) is 24.2 Å². The van der Waals surface area contributed by atoms with E-state index in [4.69, 9.17) is 18.9 Å². The summed E-state index contributed by atoms with van der Waals surface area (Å²) in [5, 5.41) is 2.97. The second kappa shape index (κ2) is 10.6. The summed E-state index contributed by atoms with van der Waals surface area (Å²) in [4.78, 5) is 36.5. The van der Waals surface area contributed by atoms with Crippen molar-refractivity contribution in [1.82, 2.24) is 5.32 Å². The Morgan fingerprint density at radius 2 is 1.85 bits per heavy atom. The predicted molar refractivity (Wildman–Crippen MR) is 125 cm³/mol. The molecule has 1 aliphatic rings. The normalized spacial score (nSPS) is 14.3. The van der Waals surface area contributed by atoms with E-state index >= 15 is 0 Å². The topological polar surface area (TPSA) is 100 Å². The van der Waals surface area contributed by atoms with Crippen molar-refractivity contribution in [2.24, 2.45) is 0 Å². The SMILES string of the molecule is COc1c(OCOC(C)=O)cc2c(c1OC)-c1ccc(SC)c(=O)cc1[C@@H](NC(C)=O)CC2. The zero-order valence-corrected chi connectivity index (χ0v) is 20.1. The summed E-state index contributed by atoms with van der Waals surface area (Å²) >= 11 is 1.36. The van der Waals surface area contributed by atoms with Gasteiger partial charge >= 0.3 is 5.97 Å². The number of benzene rings is 1. The number of aryl methyl sites for hydroxylation is 1. The maximum Gasteiger partial charge on any atom is 0.305 e. The van der Waals surface area contributed by atoms with Crippen molar-refractivity contribution in [1.29, 1.82) is 0 Å². The monoisotopic (exact) mass is 473 g/mol. The molecule has 2 aromatic carbocycles. The Bertz CT molecular complexity index is 1130. The van der Waals surface area contributed by atoms with Crippen molar-refractivity contribution in [3.05, 3.63) is 45.6 Å². The van der Waals surface area contributed by atoms with Crippen LogP contribution in [-0.2, 0) is 20.7 Å². The lowest BCUT2D eigenvalue weighted by atomic mass is 9.95. The van der Waals surface area contributed by atoms with Crippen molar-refractivity contribution < 1.29 is 28.5 Å². The van der Waals surface area contributed by atoms with Gasteiger partial charge in [0.05, 0.1) is 25.2 Å². The fraction of sp³-hybridized carbons (Fsp3) is 0.375. The number of esters is 1. The molecule has 0 aliphatic heterocycles. The number of hydrogen-bond donors (Lipinski definition) is 1. The minimum atomic E-state index is -0.465. The molecule has 1 atom stereocenters. The van der Waals surface area contributed by atoms with Crippen LogP contribution < -0.4 is 25.0 Å². The van der Waals surface area contributed by atoms with Gasteiger partial charge in [-0.2, -0.15) is 0 Å². The molecule has 0 spiro atoms. The summed E-state index contributed by atoms with van der Waals surface area (Å²) in [5.74, 6) is 0.487. The summed E-state index contributed by atoms with van der Waals surface area (Å²) in [6.07, 6.45) is 2.99. The predicted octanol–water partition coefficient (Wildman–Crippen LogP) is 3.48. The van der Waals surface area contributed by atoms with Crippen molar-refractivity contribution >= 4 is 23.6 Å². The summed E-state index contributed by atoms with van der Waals surface area (Å²) in [6, 6.07) is 6.71. The Morgan fingerprint density at radius 1 is 1.12 bits per heavy atom. The molecule has 9 heteroatoms. The maximum atomic E-state index is 12.8. The molecule has 0 fully saturated rings. The van der Waals surface area contributed by atoms with Gasteiger partial charge in [0.15, 0.2) is 16.9 Å². The highest BCUT2D eigenvalue weighted by Gasteiger charge is 2.29. The largest absolute Gasteiger partial charge is 0.492 e. The number of amides is 1. The van der Waals surface area contributed by atoms with Crippen LogP contribution in [0.4, 0.5) is 0 Å². The van der Waals surface area contributed by atoms with Crippen LogP contribution in [0, 0.1) is 0 Å². The standard InChI is InChI=1S/C24H27NO7S/c1-13(26)25-18-8-6-15-10-20(32-12-31-14(2)27)23(29-3)24(30-4)22(15)16-7-9-21(33-5)19(28)11-17(16)18/h7,9-11,18H,6,8,12H2,1-5H3,(H,25,26)/t18-/m0/s1. The first-order valence-electron chi connectivity index (χ1n) is 10.3. The Hall–Kier alpha value is -3.20. The number of ether oxygens (including phenoxy) is 4. The molecule has 8 nitrogen and oxygen atoms in total. The van der Waals surface area contributed by atoms with Crippen LogP contribution >= 0.6 is 11.8 Å². The Balaban J connectivity index is 2.28. The molecule has 1 aliphatic carbocycles. The highest BCUT2D eigenvalue weighted by Crippen LogP contribution is 2.50. The van der Waals surface area contributed by atoms with E-state index in [1.807, 2.05) is 18.4 Å². The van der Waals surface area contributed by atoms with Crippen LogP contribution in [0.3, 0.4) is 0 Å². The van der Waals surface area contributed by atoms with Gasteiger partial charge in [-0.3, -0.25) is 14.4 Å². The average Bonchev–Trinajstić information content (AvgIpc) is 3.01. The van der Waals surface area contributed by atoms with E-state index in [2.05, 4.69) is 5.32 Å². The molecule has 33 heavy (non-hydrogen) atoms. The van der Waals surface area contributed by atoms with E-state index in [9.17, 15) is 14.4 Å². The molecular formula is C24H27NO7S. The van der Waals surface area contributed by atoms with Crippen LogP contribution in [0.5, 0.6) is 17.2 Å². The molecule has 176 valence electrons. The van der Waals surface area contributed by atoms with Gasteiger partial charge in [-0.05, 0) is 54.0 Å². The smallest absolute Gasteiger partial charge is 0.305 e. The maximum absolute atomic E-state index is 12.8. The highest BCUT2D eigenvalue weighted by molar-refractivity contribution is 7.98. The number of carbonyl (C=O) groups is 2. The lowest BCUT2D eigenvalue weighted by Gasteiger charge is -2.20. The molecule has 1 N–H and O–H groups in total. The van der Waals surface area contributed by atoms with Gasteiger partial charge in [0, 0.05) is 19.4 Å². The summed E-state index contributed by atoms with van der Waals surface area (Å²) < 4.78 is 22.0. The van der Waals surface area contributed by atoms with E-state index < -0.39 is 5.97 Å². The molecular weight excluding hydrogens is 446 g/mol. The number of fused-ring (bicyclic) bond motifs is 3.